The Balaban J connectivity index is 0.00000208. The van der Waals surface area contributed by atoms with Crippen LogP contribution in [-0.4, -0.2) is 40.4 Å². The van der Waals surface area contributed by atoms with Gasteiger partial charge in [-0.05, 0) is 19.1 Å². The van der Waals surface area contributed by atoms with E-state index >= 15 is 0 Å². The van der Waals surface area contributed by atoms with Crippen LogP contribution in [0.25, 0.3) is 5.69 Å². The van der Waals surface area contributed by atoms with Gasteiger partial charge in [0.15, 0.2) is 0 Å². The van der Waals surface area contributed by atoms with E-state index < -0.39 is 0 Å². The fraction of sp³-hybridized carbons (Fsp3) is 0.526. The molecule has 0 saturated carbocycles. The highest BCUT2D eigenvalue weighted by molar-refractivity contribution is 5.85. The standard InChI is InChI=1S/C19H28N4.ClH/c1-15-12-22(11-10-20-15)13-16-14-23(17-8-6-5-7-9-17)21-18(16)19(2,3)4;/h5-9,14-15,20H,10-13H2,1-4H3;1H. The molecule has 1 aromatic carbocycles. The van der Waals surface area contributed by atoms with Gasteiger partial charge in [0.05, 0.1) is 11.4 Å². The summed E-state index contributed by atoms with van der Waals surface area (Å²) in [5.74, 6) is 0. The van der Waals surface area contributed by atoms with Crippen molar-refractivity contribution in [3.8, 4) is 5.69 Å². The number of aromatic nitrogens is 2. The summed E-state index contributed by atoms with van der Waals surface area (Å²) < 4.78 is 2.03. The molecule has 3 rings (SSSR count). The van der Waals surface area contributed by atoms with Crippen LogP contribution in [0.4, 0.5) is 0 Å². The molecule has 4 nitrogen and oxygen atoms in total. The lowest BCUT2D eigenvalue weighted by Crippen LogP contribution is -2.48. The molecule has 1 N–H and O–H groups in total. The second kappa shape index (κ2) is 7.68. The molecule has 0 bridgehead atoms. The Morgan fingerprint density at radius 1 is 1.21 bits per heavy atom. The molecule has 1 atom stereocenters. The predicted octanol–water partition coefficient (Wildman–Crippen LogP) is 3.39. The number of para-hydroxylation sites is 1. The Bertz CT molecular complexity index is 645. The molecule has 2 aromatic rings. The molecule has 5 heteroatoms. The highest BCUT2D eigenvalue weighted by Gasteiger charge is 2.25. The van der Waals surface area contributed by atoms with Crippen LogP contribution in [0.5, 0.6) is 0 Å². The SMILES string of the molecule is CC1CN(Cc2cn(-c3ccccc3)nc2C(C)(C)C)CCN1.Cl. The summed E-state index contributed by atoms with van der Waals surface area (Å²) in [6, 6.07) is 10.9. The third-order valence-corrected chi connectivity index (χ3v) is 4.37. The molecular weight excluding hydrogens is 320 g/mol. The lowest BCUT2D eigenvalue weighted by molar-refractivity contribution is 0.198. The van der Waals surface area contributed by atoms with Gasteiger partial charge in [-0.15, -0.1) is 12.4 Å². The van der Waals surface area contributed by atoms with Crippen LogP contribution < -0.4 is 5.32 Å². The smallest absolute Gasteiger partial charge is 0.0727 e. The number of nitrogens with one attached hydrogen (secondary N) is 1. The molecular formula is C19H29ClN4. The molecule has 1 aliphatic rings. The highest BCUT2D eigenvalue weighted by atomic mass is 35.5. The van der Waals surface area contributed by atoms with Gasteiger partial charge < -0.3 is 5.32 Å². The summed E-state index contributed by atoms with van der Waals surface area (Å²) in [5.41, 5.74) is 3.72. The van der Waals surface area contributed by atoms with Crippen molar-refractivity contribution in [1.82, 2.24) is 20.0 Å². The zero-order chi connectivity index (χ0) is 16.4. The molecule has 0 radical (unpaired) electrons. The fourth-order valence-corrected chi connectivity index (χ4v) is 3.27. The second-order valence-electron chi connectivity index (χ2n) is 7.62. The van der Waals surface area contributed by atoms with Crippen LogP contribution in [0.3, 0.4) is 0 Å². The number of hydrogen-bond acceptors (Lipinski definition) is 3. The summed E-state index contributed by atoms with van der Waals surface area (Å²) in [4.78, 5) is 2.53. The maximum absolute atomic E-state index is 4.91. The summed E-state index contributed by atoms with van der Waals surface area (Å²) in [6.07, 6.45) is 2.21. The van der Waals surface area contributed by atoms with Crippen molar-refractivity contribution < 1.29 is 0 Å². The second-order valence-corrected chi connectivity index (χ2v) is 7.62. The average Bonchev–Trinajstić information content (AvgIpc) is 2.92. The van der Waals surface area contributed by atoms with E-state index in [1.54, 1.807) is 0 Å². The minimum atomic E-state index is 0. The molecule has 1 aliphatic heterocycles. The number of hydrogen-bond donors (Lipinski definition) is 1. The van der Waals surface area contributed by atoms with Gasteiger partial charge in [0.25, 0.3) is 0 Å². The van der Waals surface area contributed by atoms with Crippen molar-refractivity contribution in [2.75, 3.05) is 19.6 Å². The summed E-state index contributed by atoms with van der Waals surface area (Å²) in [5, 5.41) is 8.42. The van der Waals surface area contributed by atoms with Crippen molar-refractivity contribution in [2.24, 2.45) is 0 Å². The molecule has 0 amide bonds. The Morgan fingerprint density at radius 2 is 1.92 bits per heavy atom. The van der Waals surface area contributed by atoms with Crippen LogP contribution in [0, 0.1) is 0 Å². The van der Waals surface area contributed by atoms with E-state index in [2.05, 4.69) is 68.4 Å². The first kappa shape index (κ1) is 19.0. The quantitative estimate of drug-likeness (QED) is 0.923. The van der Waals surface area contributed by atoms with Gasteiger partial charge in [-0.3, -0.25) is 4.90 Å². The van der Waals surface area contributed by atoms with Gasteiger partial charge in [-0.1, -0.05) is 39.0 Å². The Labute approximate surface area is 151 Å². The summed E-state index contributed by atoms with van der Waals surface area (Å²) in [6.45, 7) is 13.2. The van der Waals surface area contributed by atoms with Crippen LogP contribution in [0.2, 0.25) is 0 Å². The van der Waals surface area contributed by atoms with Crippen LogP contribution >= 0.6 is 12.4 Å². The van der Waals surface area contributed by atoms with Gasteiger partial charge in [0, 0.05) is 49.4 Å². The third-order valence-electron chi connectivity index (χ3n) is 4.37. The largest absolute Gasteiger partial charge is 0.312 e. The molecule has 24 heavy (non-hydrogen) atoms. The minimum Gasteiger partial charge on any atom is -0.312 e. The van der Waals surface area contributed by atoms with Crippen molar-refractivity contribution in [2.45, 2.75) is 45.7 Å². The van der Waals surface area contributed by atoms with E-state index in [1.165, 1.54) is 11.3 Å². The van der Waals surface area contributed by atoms with E-state index in [0.717, 1.165) is 31.9 Å². The molecule has 1 saturated heterocycles. The number of benzene rings is 1. The first-order chi connectivity index (χ1) is 10.9. The van der Waals surface area contributed by atoms with Gasteiger partial charge in [-0.2, -0.15) is 5.10 Å². The van der Waals surface area contributed by atoms with Gasteiger partial charge in [-0.25, -0.2) is 4.68 Å². The molecule has 1 unspecified atom stereocenters. The number of nitrogens with zero attached hydrogens (tertiary/aromatic N) is 3. The van der Waals surface area contributed by atoms with Crippen molar-refractivity contribution >= 4 is 12.4 Å². The normalized spacial score (nSPS) is 19.1. The van der Waals surface area contributed by atoms with E-state index in [0.29, 0.717) is 6.04 Å². The van der Waals surface area contributed by atoms with Gasteiger partial charge in [0.2, 0.25) is 0 Å². The molecule has 2 heterocycles. The summed E-state index contributed by atoms with van der Waals surface area (Å²) >= 11 is 0. The number of piperazine rings is 1. The van der Waals surface area contributed by atoms with Crippen molar-refractivity contribution in [1.29, 1.82) is 0 Å². The molecule has 1 aromatic heterocycles. The Hall–Kier alpha value is -1.36. The minimum absolute atomic E-state index is 0. The third kappa shape index (κ3) is 4.38. The molecule has 0 aliphatic carbocycles. The van der Waals surface area contributed by atoms with Crippen molar-refractivity contribution in [3.05, 3.63) is 47.8 Å². The number of rotatable bonds is 3. The van der Waals surface area contributed by atoms with Crippen LogP contribution in [0.1, 0.15) is 39.0 Å². The Morgan fingerprint density at radius 3 is 2.54 bits per heavy atom. The zero-order valence-electron chi connectivity index (χ0n) is 15.1. The topological polar surface area (TPSA) is 33.1 Å². The first-order valence-electron chi connectivity index (χ1n) is 8.53. The van der Waals surface area contributed by atoms with Gasteiger partial charge in [0.1, 0.15) is 0 Å². The molecule has 132 valence electrons. The lowest BCUT2D eigenvalue weighted by Gasteiger charge is -2.32. The van der Waals surface area contributed by atoms with E-state index in [4.69, 9.17) is 5.10 Å². The maximum atomic E-state index is 4.91. The predicted molar refractivity (Wildman–Crippen MR) is 102 cm³/mol. The van der Waals surface area contributed by atoms with Crippen molar-refractivity contribution in [3.63, 3.8) is 0 Å². The van der Waals surface area contributed by atoms with Crippen LogP contribution in [0.15, 0.2) is 36.5 Å². The highest BCUT2D eigenvalue weighted by Crippen LogP contribution is 2.26. The van der Waals surface area contributed by atoms with Gasteiger partial charge >= 0.3 is 0 Å². The van der Waals surface area contributed by atoms with Crippen LogP contribution in [-0.2, 0) is 12.0 Å². The number of halogens is 1. The van der Waals surface area contributed by atoms with E-state index in [-0.39, 0.29) is 17.8 Å². The maximum Gasteiger partial charge on any atom is 0.0727 e. The van der Waals surface area contributed by atoms with E-state index in [1.807, 2.05) is 10.7 Å². The average molecular weight is 349 g/mol. The molecule has 1 fully saturated rings. The lowest BCUT2D eigenvalue weighted by atomic mass is 9.89. The fourth-order valence-electron chi connectivity index (χ4n) is 3.27. The zero-order valence-corrected chi connectivity index (χ0v) is 15.9. The summed E-state index contributed by atoms with van der Waals surface area (Å²) in [7, 11) is 0. The first-order valence-corrected chi connectivity index (χ1v) is 8.53. The Kier molecular flexibility index (Phi) is 6.07. The monoisotopic (exact) mass is 348 g/mol. The molecule has 0 spiro atoms. The van der Waals surface area contributed by atoms with E-state index in [9.17, 15) is 0 Å².